The topological polar surface area (TPSA) is 66.5 Å². The number of hydrogen-bond acceptors (Lipinski definition) is 3. The predicted octanol–water partition coefficient (Wildman–Crippen LogP) is 4.46. The van der Waals surface area contributed by atoms with Crippen molar-refractivity contribution in [3.8, 4) is 0 Å². The van der Waals surface area contributed by atoms with Crippen LogP contribution in [0.2, 0.25) is 5.02 Å². The molecule has 2 bridgehead atoms. The molecule has 5 aliphatic rings. The molecule has 1 aliphatic heterocycles. The molecule has 31 heavy (non-hydrogen) atoms. The molecule has 7 rings (SSSR count). The molecule has 2 saturated carbocycles. The second-order valence-electron chi connectivity index (χ2n) is 9.10. The van der Waals surface area contributed by atoms with Gasteiger partial charge in [-0.05, 0) is 66.8 Å². The SMILES string of the molecule is Cc1ccc(Cl)cc1NC(=O)c1ccccc1N1C(=O)[C@@H]2[C@H]3C=C[C@H]([C@H]4C[C@H]34)[C@@H]2C1=O. The number of aryl methyl sites for hydroxylation is 1. The second-order valence-corrected chi connectivity index (χ2v) is 9.53. The van der Waals surface area contributed by atoms with E-state index in [1.807, 2.05) is 13.0 Å². The van der Waals surface area contributed by atoms with Crippen LogP contribution in [0.4, 0.5) is 11.4 Å². The van der Waals surface area contributed by atoms with Crippen molar-refractivity contribution >= 4 is 40.7 Å². The first kappa shape index (κ1) is 18.8. The molecule has 2 aromatic carbocycles. The molecule has 3 amide bonds. The van der Waals surface area contributed by atoms with E-state index in [1.165, 1.54) is 4.90 Å². The Morgan fingerprint density at radius 1 is 1.00 bits per heavy atom. The van der Waals surface area contributed by atoms with Crippen molar-refractivity contribution in [1.82, 2.24) is 0 Å². The lowest BCUT2D eigenvalue weighted by Crippen LogP contribution is -2.40. The Morgan fingerprint density at radius 3 is 2.32 bits per heavy atom. The number of carbonyl (C=O) groups is 3. The molecule has 1 saturated heterocycles. The van der Waals surface area contributed by atoms with E-state index in [9.17, 15) is 14.4 Å². The highest BCUT2D eigenvalue weighted by Crippen LogP contribution is 2.65. The number of hydrogen-bond donors (Lipinski definition) is 1. The quantitative estimate of drug-likeness (QED) is 0.575. The molecular formula is C25H21ClN2O3. The van der Waals surface area contributed by atoms with Crippen LogP contribution in [0.3, 0.4) is 0 Å². The van der Waals surface area contributed by atoms with Gasteiger partial charge in [-0.15, -0.1) is 0 Å². The van der Waals surface area contributed by atoms with E-state index < -0.39 is 0 Å². The van der Waals surface area contributed by atoms with Gasteiger partial charge in [0.1, 0.15) is 0 Å². The Balaban J connectivity index is 1.35. The van der Waals surface area contributed by atoms with E-state index in [0.29, 0.717) is 33.8 Å². The number of anilines is 2. The molecule has 0 aromatic heterocycles. The molecule has 6 atom stereocenters. The van der Waals surface area contributed by atoms with Crippen LogP contribution >= 0.6 is 11.6 Å². The number of halogens is 1. The number of carbonyl (C=O) groups excluding carboxylic acids is 3. The van der Waals surface area contributed by atoms with E-state index in [0.717, 1.165) is 12.0 Å². The summed E-state index contributed by atoms with van der Waals surface area (Å²) < 4.78 is 0. The van der Waals surface area contributed by atoms with Crippen molar-refractivity contribution in [1.29, 1.82) is 0 Å². The Bertz CT molecular complexity index is 1150. The largest absolute Gasteiger partial charge is 0.322 e. The number of imide groups is 1. The number of rotatable bonds is 3. The summed E-state index contributed by atoms with van der Waals surface area (Å²) in [5.41, 5.74) is 2.13. The summed E-state index contributed by atoms with van der Waals surface area (Å²) in [4.78, 5) is 41.4. The molecule has 0 radical (unpaired) electrons. The fourth-order valence-corrected chi connectivity index (χ4v) is 6.15. The summed E-state index contributed by atoms with van der Waals surface area (Å²) in [6.45, 7) is 1.88. The highest BCUT2D eigenvalue weighted by Gasteiger charge is 2.67. The average Bonchev–Trinajstić information content (AvgIpc) is 3.54. The highest BCUT2D eigenvalue weighted by atomic mass is 35.5. The monoisotopic (exact) mass is 432 g/mol. The fourth-order valence-electron chi connectivity index (χ4n) is 5.97. The van der Waals surface area contributed by atoms with E-state index >= 15 is 0 Å². The number of nitrogens with one attached hydrogen (secondary N) is 1. The normalized spacial score (nSPS) is 32.1. The van der Waals surface area contributed by atoms with E-state index in [-0.39, 0.29) is 41.4 Å². The van der Waals surface area contributed by atoms with Gasteiger partial charge in [-0.2, -0.15) is 0 Å². The third-order valence-electron chi connectivity index (χ3n) is 7.50. The van der Waals surface area contributed by atoms with Gasteiger partial charge in [0.2, 0.25) is 11.8 Å². The van der Waals surface area contributed by atoms with Crippen molar-refractivity contribution in [3.63, 3.8) is 0 Å². The van der Waals surface area contributed by atoms with Crippen LogP contribution in [-0.2, 0) is 9.59 Å². The first-order chi connectivity index (χ1) is 15.0. The summed E-state index contributed by atoms with van der Waals surface area (Å²) in [5, 5.41) is 3.40. The molecule has 156 valence electrons. The van der Waals surface area contributed by atoms with Crippen LogP contribution in [0.15, 0.2) is 54.6 Å². The molecule has 6 heteroatoms. The Hall–Kier alpha value is -2.92. The van der Waals surface area contributed by atoms with Gasteiger partial charge in [0.05, 0.1) is 23.1 Å². The van der Waals surface area contributed by atoms with Gasteiger partial charge in [-0.3, -0.25) is 14.4 Å². The van der Waals surface area contributed by atoms with Crippen molar-refractivity contribution in [3.05, 3.63) is 70.8 Å². The minimum atomic E-state index is -0.375. The number of allylic oxidation sites excluding steroid dienone is 2. The molecular weight excluding hydrogens is 412 g/mol. The van der Waals surface area contributed by atoms with Crippen molar-refractivity contribution in [2.24, 2.45) is 35.5 Å². The molecule has 4 aliphatic carbocycles. The zero-order chi connectivity index (χ0) is 21.4. The van der Waals surface area contributed by atoms with Crippen LogP contribution in [-0.4, -0.2) is 17.7 Å². The molecule has 1 N–H and O–H groups in total. The third-order valence-corrected chi connectivity index (χ3v) is 7.74. The summed E-state index contributed by atoms with van der Waals surface area (Å²) in [7, 11) is 0. The van der Waals surface area contributed by atoms with Crippen LogP contribution in [0.5, 0.6) is 0 Å². The molecule has 0 unspecified atom stereocenters. The van der Waals surface area contributed by atoms with Gasteiger partial charge in [0, 0.05) is 10.7 Å². The van der Waals surface area contributed by atoms with Gasteiger partial charge in [0.15, 0.2) is 0 Å². The molecule has 5 nitrogen and oxygen atoms in total. The van der Waals surface area contributed by atoms with Crippen molar-refractivity contribution in [2.75, 3.05) is 10.2 Å². The molecule has 0 spiro atoms. The molecule has 1 heterocycles. The smallest absolute Gasteiger partial charge is 0.257 e. The lowest BCUT2D eigenvalue weighted by molar-refractivity contribution is -0.124. The van der Waals surface area contributed by atoms with Gasteiger partial charge >= 0.3 is 0 Å². The molecule has 3 fully saturated rings. The van der Waals surface area contributed by atoms with Gasteiger partial charge in [-0.25, -0.2) is 4.90 Å². The maximum Gasteiger partial charge on any atom is 0.257 e. The third kappa shape index (κ3) is 2.66. The standard InChI is InChI=1S/C25H21ClN2O3/c1-12-6-7-13(26)10-19(12)27-23(29)16-4-2-3-5-20(16)28-24(30)21-14-8-9-15(18-11-17(14)18)22(21)25(28)31/h2-10,14-15,17-18,21-22H,11H2,1H3,(H,27,29)/t14-,15+,17-,18-,21+,22-/m1/s1. The van der Waals surface area contributed by atoms with E-state index in [2.05, 4.69) is 17.5 Å². The van der Waals surface area contributed by atoms with Gasteiger partial charge in [-0.1, -0.05) is 42.0 Å². The van der Waals surface area contributed by atoms with Crippen molar-refractivity contribution in [2.45, 2.75) is 13.3 Å². The van der Waals surface area contributed by atoms with Crippen molar-refractivity contribution < 1.29 is 14.4 Å². The zero-order valence-electron chi connectivity index (χ0n) is 16.9. The maximum absolute atomic E-state index is 13.5. The summed E-state index contributed by atoms with van der Waals surface area (Å²) in [6.07, 6.45) is 5.41. The van der Waals surface area contributed by atoms with Gasteiger partial charge in [0.25, 0.3) is 5.91 Å². The highest BCUT2D eigenvalue weighted by molar-refractivity contribution is 6.31. The second kappa shape index (κ2) is 6.54. The van der Waals surface area contributed by atoms with Gasteiger partial charge < -0.3 is 5.32 Å². The van der Waals surface area contributed by atoms with Crippen LogP contribution in [0.1, 0.15) is 22.3 Å². The minimum Gasteiger partial charge on any atom is -0.322 e. The Kier molecular flexibility index (Phi) is 3.97. The van der Waals surface area contributed by atoms with E-state index in [1.54, 1.807) is 36.4 Å². The lowest BCUT2D eigenvalue weighted by atomic mass is 9.63. The van der Waals surface area contributed by atoms with E-state index in [4.69, 9.17) is 11.6 Å². The first-order valence-corrected chi connectivity index (χ1v) is 11.1. The molecule has 2 aromatic rings. The summed E-state index contributed by atoms with van der Waals surface area (Å²) in [5.74, 6) is 0.0796. The number of benzene rings is 2. The first-order valence-electron chi connectivity index (χ1n) is 10.7. The van der Waals surface area contributed by atoms with Crippen LogP contribution in [0.25, 0.3) is 0 Å². The maximum atomic E-state index is 13.5. The Labute approximate surface area is 185 Å². The average molecular weight is 433 g/mol. The lowest BCUT2D eigenvalue weighted by Gasteiger charge is -2.37. The number of para-hydroxylation sites is 1. The fraction of sp³-hybridized carbons (Fsp3) is 0.320. The predicted molar refractivity (Wildman–Crippen MR) is 118 cm³/mol. The summed E-state index contributed by atoms with van der Waals surface area (Å²) in [6, 6.07) is 12.1. The van der Waals surface area contributed by atoms with Crippen LogP contribution < -0.4 is 10.2 Å². The number of amides is 3. The summed E-state index contributed by atoms with van der Waals surface area (Å²) >= 11 is 6.08. The number of nitrogens with zero attached hydrogens (tertiary/aromatic N) is 1. The minimum absolute atomic E-state index is 0.150. The zero-order valence-corrected chi connectivity index (χ0v) is 17.7. The van der Waals surface area contributed by atoms with Crippen LogP contribution in [0, 0.1) is 42.4 Å². The Morgan fingerprint density at radius 2 is 1.65 bits per heavy atom.